The summed E-state index contributed by atoms with van der Waals surface area (Å²) in [6, 6.07) is 16.8. The third kappa shape index (κ3) is 4.68. The zero-order valence-corrected chi connectivity index (χ0v) is 18.9. The first kappa shape index (κ1) is 21.4. The number of aryl methyl sites for hydroxylation is 1. The number of aromatic nitrogens is 2. The number of nitrogens with one attached hydrogen (secondary N) is 1. The second kappa shape index (κ2) is 9.19. The van der Waals surface area contributed by atoms with Crippen molar-refractivity contribution in [1.29, 1.82) is 0 Å². The van der Waals surface area contributed by atoms with E-state index in [2.05, 4.69) is 39.6 Å². The van der Waals surface area contributed by atoms with Gasteiger partial charge in [-0.05, 0) is 54.7 Å². The summed E-state index contributed by atoms with van der Waals surface area (Å²) >= 11 is 0. The number of hydrogen-bond donors (Lipinski definition) is 1. The van der Waals surface area contributed by atoms with Gasteiger partial charge in [0.05, 0.1) is 23.8 Å². The van der Waals surface area contributed by atoms with Crippen LogP contribution >= 0.6 is 0 Å². The van der Waals surface area contributed by atoms with Crippen LogP contribution in [0.4, 0.5) is 5.69 Å². The molecule has 1 N–H and O–H groups in total. The Hall–Kier alpha value is -3.45. The molecule has 2 aromatic carbocycles. The van der Waals surface area contributed by atoms with Gasteiger partial charge in [0.15, 0.2) is 0 Å². The number of hydrogen-bond acceptors (Lipinski definition) is 4. The zero-order chi connectivity index (χ0) is 22.8. The highest BCUT2D eigenvalue weighted by Gasteiger charge is 2.29. The topological polar surface area (TPSA) is 70.5 Å². The molecule has 2 amide bonds. The van der Waals surface area contributed by atoms with Crippen molar-refractivity contribution in [3.8, 4) is 5.69 Å². The second-order valence-electron chi connectivity index (χ2n) is 8.90. The lowest BCUT2D eigenvalue weighted by Crippen LogP contribution is -2.53. The molecule has 0 saturated carbocycles. The van der Waals surface area contributed by atoms with E-state index < -0.39 is 0 Å². The predicted octanol–water partition coefficient (Wildman–Crippen LogP) is 3.15. The van der Waals surface area contributed by atoms with Gasteiger partial charge in [-0.1, -0.05) is 24.3 Å². The second-order valence-corrected chi connectivity index (χ2v) is 8.90. The monoisotopic (exact) mass is 443 g/mol. The Bertz CT molecular complexity index is 1150. The number of anilines is 1. The Morgan fingerprint density at radius 2 is 1.70 bits per heavy atom. The summed E-state index contributed by atoms with van der Waals surface area (Å²) in [5.41, 5.74) is 5.14. The smallest absolute Gasteiger partial charge is 0.253 e. The van der Waals surface area contributed by atoms with Gasteiger partial charge in [0, 0.05) is 44.7 Å². The highest BCUT2D eigenvalue weighted by Crippen LogP contribution is 2.25. The van der Waals surface area contributed by atoms with Crippen LogP contribution in [0.2, 0.25) is 0 Å². The number of rotatable bonds is 4. The van der Waals surface area contributed by atoms with Crippen molar-refractivity contribution in [3.05, 3.63) is 77.6 Å². The fraction of sp³-hybridized carbons (Fsp3) is 0.346. The van der Waals surface area contributed by atoms with Crippen molar-refractivity contribution in [2.75, 3.05) is 31.5 Å². The predicted molar refractivity (Wildman–Crippen MR) is 128 cm³/mol. The molecule has 1 aliphatic carbocycles. The molecule has 0 spiro atoms. The molecular weight excluding hydrogens is 414 g/mol. The third-order valence-electron chi connectivity index (χ3n) is 6.72. The van der Waals surface area contributed by atoms with Crippen LogP contribution < -0.4 is 5.32 Å². The highest BCUT2D eigenvalue weighted by molar-refractivity contribution is 5.94. The van der Waals surface area contributed by atoms with E-state index in [0.29, 0.717) is 17.3 Å². The van der Waals surface area contributed by atoms with Crippen molar-refractivity contribution in [2.45, 2.75) is 32.2 Å². The quantitative estimate of drug-likeness (QED) is 0.673. The summed E-state index contributed by atoms with van der Waals surface area (Å²) in [7, 11) is 0. The Kier molecular flexibility index (Phi) is 5.96. The van der Waals surface area contributed by atoms with E-state index in [-0.39, 0.29) is 11.8 Å². The van der Waals surface area contributed by atoms with Gasteiger partial charge in [0.25, 0.3) is 5.91 Å². The SMILES string of the molecule is CC(=O)Nc1cnn(-c2ccc(C(=O)N3CCN(C4CCc5ccccc5C4)CC3)cc2)c1. The fourth-order valence-electron chi connectivity index (χ4n) is 4.95. The summed E-state index contributed by atoms with van der Waals surface area (Å²) in [4.78, 5) is 28.8. The summed E-state index contributed by atoms with van der Waals surface area (Å²) < 4.78 is 1.68. The maximum Gasteiger partial charge on any atom is 0.253 e. The van der Waals surface area contributed by atoms with Crippen LogP contribution in [0, 0.1) is 0 Å². The summed E-state index contributed by atoms with van der Waals surface area (Å²) in [6.45, 7) is 4.84. The number of amides is 2. The van der Waals surface area contributed by atoms with Gasteiger partial charge in [-0.25, -0.2) is 4.68 Å². The first-order chi connectivity index (χ1) is 16.1. The van der Waals surface area contributed by atoms with Crippen molar-refractivity contribution < 1.29 is 9.59 Å². The maximum atomic E-state index is 13.1. The van der Waals surface area contributed by atoms with Crippen LogP contribution in [0.1, 0.15) is 34.8 Å². The number of fused-ring (bicyclic) bond motifs is 1. The van der Waals surface area contributed by atoms with Crippen LogP contribution in [-0.2, 0) is 17.6 Å². The van der Waals surface area contributed by atoms with Crippen LogP contribution in [-0.4, -0.2) is 63.6 Å². The zero-order valence-electron chi connectivity index (χ0n) is 18.9. The Balaban J connectivity index is 1.17. The Morgan fingerprint density at radius 1 is 0.970 bits per heavy atom. The normalized spacial score (nSPS) is 18.6. The minimum absolute atomic E-state index is 0.0783. The Morgan fingerprint density at radius 3 is 2.42 bits per heavy atom. The van der Waals surface area contributed by atoms with E-state index in [1.807, 2.05) is 29.2 Å². The van der Waals surface area contributed by atoms with Gasteiger partial charge in [-0.3, -0.25) is 14.5 Å². The van der Waals surface area contributed by atoms with Crippen molar-refractivity contribution in [2.24, 2.45) is 0 Å². The standard InChI is InChI=1S/C26H29N5O2/c1-19(32)28-23-17-27-31(18-23)24-9-7-21(8-10-24)26(33)30-14-12-29(13-15-30)25-11-6-20-4-2-3-5-22(20)16-25/h2-5,7-10,17-18,25H,6,11-16H2,1H3,(H,28,32). The molecule has 3 aromatic rings. The van der Waals surface area contributed by atoms with E-state index >= 15 is 0 Å². The van der Waals surface area contributed by atoms with Crippen LogP contribution in [0.25, 0.3) is 5.69 Å². The molecule has 0 bridgehead atoms. The first-order valence-electron chi connectivity index (χ1n) is 11.6. The molecule has 7 nitrogen and oxygen atoms in total. The van der Waals surface area contributed by atoms with Gasteiger partial charge >= 0.3 is 0 Å². The van der Waals surface area contributed by atoms with Crippen molar-refractivity contribution in [3.63, 3.8) is 0 Å². The van der Waals surface area contributed by atoms with Gasteiger partial charge in [0.2, 0.25) is 5.91 Å². The number of carbonyl (C=O) groups excluding carboxylic acids is 2. The van der Waals surface area contributed by atoms with E-state index in [1.54, 1.807) is 17.1 Å². The maximum absolute atomic E-state index is 13.1. The molecule has 1 unspecified atom stereocenters. The van der Waals surface area contributed by atoms with Crippen LogP contribution in [0.15, 0.2) is 60.9 Å². The highest BCUT2D eigenvalue weighted by atomic mass is 16.2. The van der Waals surface area contributed by atoms with Crippen molar-refractivity contribution in [1.82, 2.24) is 19.6 Å². The third-order valence-corrected chi connectivity index (χ3v) is 6.72. The minimum atomic E-state index is -0.135. The molecule has 5 rings (SSSR count). The van der Waals surface area contributed by atoms with Gasteiger partial charge in [0.1, 0.15) is 0 Å². The number of piperazine rings is 1. The summed E-state index contributed by atoms with van der Waals surface area (Å²) in [6.07, 6.45) is 6.81. The molecule has 1 aliphatic heterocycles. The van der Waals surface area contributed by atoms with E-state index in [1.165, 1.54) is 24.5 Å². The van der Waals surface area contributed by atoms with E-state index in [9.17, 15) is 9.59 Å². The molecule has 0 radical (unpaired) electrons. The molecule has 2 aliphatic rings. The molecule has 170 valence electrons. The molecule has 7 heteroatoms. The Labute approximate surface area is 194 Å². The van der Waals surface area contributed by atoms with Crippen molar-refractivity contribution >= 4 is 17.5 Å². The number of nitrogens with zero attached hydrogens (tertiary/aromatic N) is 4. The van der Waals surface area contributed by atoms with Gasteiger partial charge in [-0.2, -0.15) is 5.10 Å². The molecule has 1 saturated heterocycles. The molecule has 1 fully saturated rings. The fourth-order valence-corrected chi connectivity index (χ4v) is 4.95. The lowest BCUT2D eigenvalue weighted by atomic mass is 9.87. The van der Waals surface area contributed by atoms with E-state index in [0.717, 1.165) is 44.7 Å². The number of benzene rings is 2. The molecule has 33 heavy (non-hydrogen) atoms. The average molecular weight is 444 g/mol. The minimum Gasteiger partial charge on any atom is -0.336 e. The summed E-state index contributed by atoms with van der Waals surface area (Å²) in [5.74, 6) is -0.0570. The first-order valence-corrected chi connectivity index (χ1v) is 11.6. The molecule has 1 aromatic heterocycles. The summed E-state index contributed by atoms with van der Waals surface area (Å²) in [5, 5.41) is 6.98. The van der Waals surface area contributed by atoms with Gasteiger partial charge in [-0.15, -0.1) is 0 Å². The largest absolute Gasteiger partial charge is 0.336 e. The molecular formula is C26H29N5O2. The lowest BCUT2D eigenvalue weighted by molar-refractivity contribution is -0.114. The molecule has 1 atom stereocenters. The van der Waals surface area contributed by atoms with E-state index in [4.69, 9.17) is 0 Å². The lowest BCUT2D eigenvalue weighted by Gasteiger charge is -2.41. The van der Waals surface area contributed by atoms with Crippen LogP contribution in [0.3, 0.4) is 0 Å². The number of carbonyl (C=O) groups is 2. The molecule has 2 heterocycles. The van der Waals surface area contributed by atoms with Crippen LogP contribution in [0.5, 0.6) is 0 Å². The van der Waals surface area contributed by atoms with Gasteiger partial charge < -0.3 is 10.2 Å². The average Bonchev–Trinajstić information content (AvgIpc) is 3.31.